The van der Waals surface area contributed by atoms with E-state index in [4.69, 9.17) is 10.5 Å². The predicted octanol–water partition coefficient (Wildman–Crippen LogP) is 1.66. The first-order chi connectivity index (χ1) is 6.81. The molecule has 0 aliphatic heterocycles. The van der Waals surface area contributed by atoms with Crippen LogP contribution >= 0.6 is 22.7 Å². The highest BCUT2D eigenvalue weighted by Gasteiger charge is 2.14. The van der Waals surface area contributed by atoms with Gasteiger partial charge in [0.2, 0.25) is 0 Å². The van der Waals surface area contributed by atoms with Gasteiger partial charge in [0, 0.05) is 16.5 Å². The molecule has 1 atom stereocenters. The molecule has 6 heteroatoms. The molecule has 2 rings (SSSR count). The first-order valence-corrected chi connectivity index (χ1v) is 5.70. The van der Waals surface area contributed by atoms with Crippen molar-refractivity contribution in [3.05, 3.63) is 27.7 Å². The third-order valence-corrected chi connectivity index (χ3v) is 3.43. The Balaban J connectivity index is 2.23. The molecule has 0 amide bonds. The van der Waals surface area contributed by atoms with E-state index in [1.54, 1.807) is 18.8 Å². The largest absolute Gasteiger partial charge is 0.473 e. The summed E-state index contributed by atoms with van der Waals surface area (Å²) in [6.45, 7) is 0. The Hall–Kier alpha value is -0.980. The third kappa shape index (κ3) is 1.77. The minimum absolute atomic E-state index is 0.192. The number of hydrogen-bond acceptors (Lipinski definition) is 6. The summed E-state index contributed by atoms with van der Waals surface area (Å²) >= 11 is 2.98. The summed E-state index contributed by atoms with van der Waals surface area (Å²) in [5, 5.41) is 2.54. The number of rotatable bonds is 3. The second-order valence-corrected chi connectivity index (χ2v) is 4.36. The van der Waals surface area contributed by atoms with Crippen molar-refractivity contribution in [1.82, 2.24) is 9.97 Å². The monoisotopic (exact) mass is 227 g/mol. The van der Waals surface area contributed by atoms with Crippen molar-refractivity contribution in [1.29, 1.82) is 0 Å². The van der Waals surface area contributed by atoms with E-state index in [1.807, 2.05) is 5.38 Å². The zero-order valence-corrected chi connectivity index (χ0v) is 9.14. The number of hydrogen-bond donors (Lipinski definition) is 1. The molecule has 0 spiro atoms. The van der Waals surface area contributed by atoms with Crippen molar-refractivity contribution in [3.8, 4) is 5.19 Å². The van der Waals surface area contributed by atoms with Crippen LogP contribution in [0.15, 0.2) is 17.1 Å². The maximum absolute atomic E-state index is 5.99. The molecule has 1 unspecified atom stereocenters. The molecule has 0 fully saturated rings. The molecular formula is C8H9N3OS2. The third-order valence-electron chi connectivity index (χ3n) is 1.75. The topological polar surface area (TPSA) is 61.0 Å². The Kier molecular flexibility index (Phi) is 2.76. The second kappa shape index (κ2) is 4.04. The molecule has 0 radical (unpaired) electrons. The van der Waals surface area contributed by atoms with Crippen LogP contribution in [-0.2, 0) is 0 Å². The highest BCUT2D eigenvalue weighted by molar-refractivity contribution is 7.11. The molecule has 4 nitrogen and oxygen atoms in total. The molecule has 14 heavy (non-hydrogen) atoms. The van der Waals surface area contributed by atoms with E-state index in [0.29, 0.717) is 5.19 Å². The fourth-order valence-corrected chi connectivity index (χ4v) is 2.34. The van der Waals surface area contributed by atoms with Gasteiger partial charge in [-0.25, -0.2) is 4.98 Å². The molecule has 0 aliphatic carbocycles. The number of thiazole rings is 2. The van der Waals surface area contributed by atoms with E-state index in [2.05, 4.69) is 9.97 Å². The summed E-state index contributed by atoms with van der Waals surface area (Å²) in [6.07, 6.45) is 1.77. The van der Waals surface area contributed by atoms with Crippen LogP contribution in [0.4, 0.5) is 0 Å². The number of ether oxygens (including phenoxy) is 1. The SMILES string of the molecule is COc1nc(C(N)c2cncs2)cs1. The maximum atomic E-state index is 5.99. The average Bonchev–Trinajstić information content (AvgIpc) is 2.88. The number of nitrogens with two attached hydrogens (primary N) is 1. The number of nitrogens with zero attached hydrogens (tertiary/aromatic N) is 2. The van der Waals surface area contributed by atoms with E-state index >= 15 is 0 Å². The molecular weight excluding hydrogens is 218 g/mol. The van der Waals surface area contributed by atoms with Crippen molar-refractivity contribution in [2.75, 3.05) is 7.11 Å². The van der Waals surface area contributed by atoms with Crippen LogP contribution in [0.3, 0.4) is 0 Å². The molecule has 0 aromatic carbocycles. The van der Waals surface area contributed by atoms with Crippen LogP contribution in [0.25, 0.3) is 0 Å². The standard InChI is InChI=1S/C8H9N3OS2/c1-12-8-11-5(3-13-8)7(9)6-2-10-4-14-6/h2-4,7H,9H2,1H3. The van der Waals surface area contributed by atoms with Crippen molar-refractivity contribution in [2.45, 2.75) is 6.04 Å². The van der Waals surface area contributed by atoms with Gasteiger partial charge in [-0.2, -0.15) is 0 Å². The lowest BCUT2D eigenvalue weighted by atomic mass is 10.2. The van der Waals surface area contributed by atoms with Crippen LogP contribution in [-0.4, -0.2) is 17.1 Å². The van der Waals surface area contributed by atoms with Gasteiger partial charge in [0.05, 0.1) is 24.4 Å². The summed E-state index contributed by atoms with van der Waals surface area (Å²) in [5.41, 5.74) is 8.58. The van der Waals surface area contributed by atoms with Gasteiger partial charge in [0.15, 0.2) is 0 Å². The van der Waals surface area contributed by atoms with Gasteiger partial charge in [-0.1, -0.05) is 11.3 Å². The molecule has 2 N–H and O–H groups in total. The Labute approximate surface area is 89.4 Å². The quantitative estimate of drug-likeness (QED) is 0.866. The first kappa shape index (κ1) is 9.57. The Bertz CT molecular complexity index is 398. The molecule has 2 heterocycles. The number of aromatic nitrogens is 2. The van der Waals surface area contributed by atoms with Gasteiger partial charge in [0.25, 0.3) is 5.19 Å². The van der Waals surface area contributed by atoms with Crippen molar-refractivity contribution in [2.24, 2.45) is 5.73 Å². The highest BCUT2D eigenvalue weighted by atomic mass is 32.1. The zero-order chi connectivity index (χ0) is 9.97. The van der Waals surface area contributed by atoms with Crippen LogP contribution in [0.1, 0.15) is 16.6 Å². The smallest absolute Gasteiger partial charge is 0.273 e. The van der Waals surface area contributed by atoms with Crippen molar-refractivity contribution >= 4 is 22.7 Å². The van der Waals surface area contributed by atoms with E-state index in [1.165, 1.54) is 22.7 Å². The van der Waals surface area contributed by atoms with Gasteiger partial charge in [0.1, 0.15) is 0 Å². The van der Waals surface area contributed by atoms with E-state index in [-0.39, 0.29) is 6.04 Å². The summed E-state index contributed by atoms with van der Waals surface area (Å²) in [7, 11) is 1.60. The minimum atomic E-state index is -0.192. The fraction of sp³-hybridized carbons (Fsp3) is 0.250. The Morgan fingerprint density at radius 3 is 2.93 bits per heavy atom. The van der Waals surface area contributed by atoms with E-state index in [9.17, 15) is 0 Å². The summed E-state index contributed by atoms with van der Waals surface area (Å²) in [5.74, 6) is 0. The summed E-state index contributed by atoms with van der Waals surface area (Å²) in [6, 6.07) is -0.192. The lowest BCUT2D eigenvalue weighted by Gasteiger charge is -2.03. The van der Waals surface area contributed by atoms with Gasteiger partial charge >= 0.3 is 0 Å². The first-order valence-electron chi connectivity index (χ1n) is 3.94. The molecule has 0 bridgehead atoms. The average molecular weight is 227 g/mol. The fourth-order valence-electron chi connectivity index (χ4n) is 1.03. The molecule has 2 aromatic rings. The lowest BCUT2D eigenvalue weighted by Crippen LogP contribution is -2.10. The van der Waals surface area contributed by atoms with Gasteiger partial charge in [-0.3, -0.25) is 4.98 Å². The number of methoxy groups -OCH3 is 1. The zero-order valence-electron chi connectivity index (χ0n) is 7.51. The Morgan fingerprint density at radius 2 is 2.36 bits per heavy atom. The normalized spacial score (nSPS) is 12.7. The van der Waals surface area contributed by atoms with Gasteiger partial charge in [-0.05, 0) is 0 Å². The van der Waals surface area contributed by atoms with Crippen LogP contribution in [0, 0.1) is 0 Å². The van der Waals surface area contributed by atoms with Gasteiger partial charge < -0.3 is 10.5 Å². The summed E-state index contributed by atoms with van der Waals surface area (Å²) < 4.78 is 5.00. The van der Waals surface area contributed by atoms with Gasteiger partial charge in [-0.15, -0.1) is 11.3 Å². The van der Waals surface area contributed by atoms with Crippen molar-refractivity contribution < 1.29 is 4.74 Å². The lowest BCUT2D eigenvalue weighted by molar-refractivity contribution is 0.410. The maximum Gasteiger partial charge on any atom is 0.273 e. The molecule has 0 aliphatic rings. The Morgan fingerprint density at radius 1 is 1.50 bits per heavy atom. The van der Waals surface area contributed by atoms with E-state index < -0.39 is 0 Å². The summed E-state index contributed by atoms with van der Waals surface area (Å²) in [4.78, 5) is 9.23. The predicted molar refractivity (Wildman–Crippen MR) is 56.8 cm³/mol. The van der Waals surface area contributed by atoms with Crippen molar-refractivity contribution in [3.63, 3.8) is 0 Å². The minimum Gasteiger partial charge on any atom is -0.473 e. The van der Waals surface area contributed by atoms with Crippen LogP contribution in [0.5, 0.6) is 5.19 Å². The van der Waals surface area contributed by atoms with Crippen LogP contribution in [0.2, 0.25) is 0 Å². The highest BCUT2D eigenvalue weighted by Crippen LogP contribution is 2.26. The molecule has 0 saturated carbocycles. The molecule has 2 aromatic heterocycles. The van der Waals surface area contributed by atoms with Crippen LogP contribution < -0.4 is 10.5 Å². The van der Waals surface area contributed by atoms with E-state index in [0.717, 1.165) is 10.6 Å². The molecule has 74 valence electrons. The molecule has 0 saturated heterocycles. The second-order valence-electron chi connectivity index (χ2n) is 2.62.